The van der Waals surface area contributed by atoms with E-state index in [0.29, 0.717) is 0 Å². The SMILES string of the molecule is COC(=O)[C@H](N)c1cc(C)c(Br)s1.Cl. The van der Waals surface area contributed by atoms with Crippen LogP contribution in [0.2, 0.25) is 0 Å². The van der Waals surface area contributed by atoms with Gasteiger partial charge < -0.3 is 10.5 Å². The number of carbonyl (C=O) groups is 1. The topological polar surface area (TPSA) is 52.3 Å². The molecule has 2 N–H and O–H groups in total. The van der Waals surface area contributed by atoms with Crippen LogP contribution in [0, 0.1) is 6.92 Å². The Kier molecular flexibility index (Phi) is 5.66. The van der Waals surface area contributed by atoms with Crippen molar-refractivity contribution in [3.05, 3.63) is 20.3 Å². The maximum atomic E-state index is 11.1. The molecule has 0 unspecified atom stereocenters. The molecule has 0 bridgehead atoms. The monoisotopic (exact) mass is 299 g/mol. The van der Waals surface area contributed by atoms with Crippen LogP contribution in [-0.4, -0.2) is 13.1 Å². The molecule has 0 spiro atoms. The summed E-state index contributed by atoms with van der Waals surface area (Å²) in [4.78, 5) is 11.9. The fourth-order valence-corrected chi connectivity index (χ4v) is 2.44. The molecular weight excluding hydrogens is 290 g/mol. The van der Waals surface area contributed by atoms with E-state index in [1.165, 1.54) is 18.4 Å². The summed E-state index contributed by atoms with van der Waals surface area (Å²) < 4.78 is 5.54. The van der Waals surface area contributed by atoms with E-state index >= 15 is 0 Å². The number of thiophene rings is 1. The van der Waals surface area contributed by atoms with Gasteiger partial charge in [-0.1, -0.05) is 0 Å². The zero-order valence-corrected chi connectivity index (χ0v) is 11.0. The average Bonchev–Trinajstić information content (AvgIpc) is 2.44. The third-order valence-electron chi connectivity index (χ3n) is 1.64. The van der Waals surface area contributed by atoms with Gasteiger partial charge >= 0.3 is 5.97 Å². The zero-order valence-electron chi connectivity index (χ0n) is 7.74. The van der Waals surface area contributed by atoms with E-state index in [1.807, 2.05) is 13.0 Å². The minimum absolute atomic E-state index is 0. The zero-order chi connectivity index (χ0) is 10.0. The van der Waals surface area contributed by atoms with Crippen LogP contribution in [0.25, 0.3) is 0 Å². The van der Waals surface area contributed by atoms with E-state index < -0.39 is 12.0 Å². The minimum Gasteiger partial charge on any atom is -0.468 e. The van der Waals surface area contributed by atoms with Gasteiger partial charge in [0.2, 0.25) is 0 Å². The summed E-state index contributed by atoms with van der Waals surface area (Å²) in [6, 6.07) is 1.22. The lowest BCUT2D eigenvalue weighted by molar-refractivity contribution is -0.142. The first-order chi connectivity index (χ1) is 6.06. The molecule has 14 heavy (non-hydrogen) atoms. The number of carbonyl (C=O) groups excluding carboxylic acids is 1. The number of hydrogen-bond acceptors (Lipinski definition) is 4. The molecule has 1 heterocycles. The summed E-state index contributed by atoms with van der Waals surface area (Å²) in [6.07, 6.45) is 0. The molecule has 0 fully saturated rings. The standard InChI is InChI=1S/C8H10BrNO2S.ClH/c1-4-3-5(13-7(4)9)6(10)8(11)12-2;/h3,6H,10H2,1-2H3;1H/t6-;/m1./s1. The fraction of sp³-hybridized carbons (Fsp3) is 0.375. The van der Waals surface area contributed by atoms with Gasteiger partial charge in [0, 0.05) is 4.88 Å². The quantitative estimate of drug-likeness (QED) is 0.853. The second-order valence-corrected chi connectivity index (χ2v) is 5.01. The Bertz CT molecular complexity index is 310. The fourth-order valence-electron chi connectivity index (χ4n) is 0.880. The van der Waals surface area contributed by atoms with Crippen LogP contribution in [-0.2, 0) is 9.53 Å². The Morgan fingerprint density at radius 1 is 1.71 bits per heavy atom. The number of rotatable bonds is 2. The first-order valence-electron chi connectivity index (χ1n) is 3.65. The minimum atomic E-state index is -0.667. The summed E-state index contributed by atoms with van der Waals surface area (Å²) in [7, 11) is 1.33. The van der Waals surface area contributed by atoms with Crippen molar-refractivity contribution in [1.29, 1.82) is 0 Å². The predicted molar refractivity (Wildman–Crippen MR) is 62.9 cm³/mol. The Morgan fingerprint density at radius 2 is 2.29 bits per heavy atom. The third kappa shape index (κ3) is 2.95. The van der Waals surface area contributed by atoms with Crippen molar-refractivity contribution in [2.75, 3.05) is 7.11 Å². The molecule has 1 aromatic rings. The van der Waals surface area contributed by atoms with Crippen molar-refractivity contribution in [2.24, 2.45) is 5.73 Å². The van der Waals surface area contributed by atoms with Crippen LogP contribution >= 0.6 is 39.7 Å². The highest BCUT2D eigenvalue weighted by Crippen LogP contribution is 2.30. The van der Waals surface area contributed by atoms with Crippen LogP contribution in [0.15, 0.2) is 9.85 Å². The van der Waals surface area contributed by atoms with Gasteiger partial charge in [0.1, 0.15) is 6.04 Å². The van der Waals surface area contributed by atoms with Gasteiger partial charge in [0.25, 0.3) is 0 Å². The van der Waals surface area contributed by atoms with Crippen LogP contribution < -0.4 is 5.73 Å². The molecule has 0 amide bonds. The number of nitrogens with two attached hydrogens (primary N) is 1. The maximum absolute atomic E-state index is 11.1. The molecule has 0 aliphatic carbocycles. The molecule has 0 radical (unpaired) electrons. The van der Waals surface area contributed by atoms with E-state index in [4.69, 9.17) is 5.73 Å². The van der Waals surface area contributed by atoms with E-state index in [1.54, 1.807) is 0 Å². The molecule has 3 nitrogen and oxygen atoms in total. The smallest absolute Gasteiger partial charge is 0.328 e. The molecule has 0 saturated carbocycles. The summed E-state index contributed by atoms with van der Waals surface area (Å²) >= 11 is 4.82. The van der Waals surface area contributed by atoms with E-state index in [2.05, 4.69) is 20.7 Å². The lowest BCUT2D eigenvalue weighted by atomic mass is 10.2. The van der Waals surface area contributed by atoms with Crippen LogP contribution in [0.3, 0.4) is 0 Å². The number of methoxy groups -OCH3 is 1. The van der Waals surface area contributed by atoms with Gasteiger partial charge in [-0.05, 0) is 34.5 Å². The van der Waals surface area contributed by atoms with Gasteiger partial charge in [-0.3, -0.25) is 0 Å². The van der Waals surface area contributed by atoms with Crippen molar-refractivity contribution in [2.45, 2.75) is 13.0 Å². The third-order valence-corrected chi connectivity index (χ3v) is 3.86. The van der Waals surface area contributed by atoms with E-state index in [-0.39, 0.29) is 12.4 Å². The molecule has 1 aromatic heterocycles. The van der Waals surface area contributed by atoms with Gasteiger partial charge in [-0.25, -0.2) is 4.79 Å². The largest absolute Gasteiger partial charge is 0.468 e. The Morgan fingerprint density at radius 3 is 2.64 bits per heavy atom. The second-order valence-electron chi connectivity index (χ2n) is 2.61. The molecule has 6 heteroatoms. The highest BCUT2D eigenvalue weighted by atomic mass is 79.9. The van der Waals surface area contributed by atoms with Crippen molar-refractivity contribution in [3.8, 4) is 0 Å². The summed E-state index contributed by atoms with van der Waals surface area (Å²) in [6.45, 7) is 1.95. The van der Waals surface area contributed by atoms with Crippen LogP contribution in [0.5, 0.6) is 0 Å². The molecule has 0 aromatic carbocycles. The molecule has 80 valence electrons. The lowest BCUT2D eigenvalue weighted by Gasteiger charge is -2.05. The van der Waals surface area contributed by atoms with Crippen molar-refractivity contribution in [3.63, 3.8) is 0 Å². The Labute approximate surface area is 101 Å². The number of hydrogen-bond donors (Lipinski definition) is 1. The normalized spacial score (nSPS) is 11.7. The van der Waals surface area contributed by atoms with Crippen molar-refractivity contribution >= 4 is 45.6 Å². The predicted octanol–water partition coefficient (Wildman–Crippen LogP) is 2.41. The number of halogens is 2. The molecule has 0 saturated heterocycles. The molecular formula is C8H11BrClNO2S. The summed E-state index contributed by atoms with van der Waals surface area (Å²) in [5, 5.41) is 0. The number of ether oxygens (including phenoxy) is 1. The number of esters is 1. The summed E-state index contributed by atoms with van der Waals surface area (Å²) in [5.74, 6) is -0.409. The van der Waals surface area contributed by atoms with E-state index in [0.717, 1.165) is 14.2 Å². The molecule has 0 aliphatic heterocycles. The van der Waals surface area contributed by atoms with E-state index in [9.17, 15) is 4.79 Å². The van der Waals surface area contributed by atoms with Gasteiger partial charge in [-0.15, -0.1) is 23.7 Å². The summed E-state index contributed by atoms with van der Waals surface area (Å²) in [5.41, 5.74) is 6.73. The van der Waals surface area contributed by atoms with Gasteiger partial charge in [0.05, 0.1) is 10.9 Å². The van der Waals surface area contributed by atoms with Crippen LogP contribution in [0.4, 0.5) is 0 Å². The number of aryl methyl sites for hydroxylation is 1. The molecule has 1 rings (SSSR count). The van der Waals surface area contributed by atoms with Gasteiger partial charge in [-0.2, -0.15) is 0 Å². The highest BCUT2D eigenvalue weighted by molar-refractivity contribution is 9.11. The first kappa shape index (κ1) is 13.9. The maximum Gasteiger partial charge on any atom is 0.328 e. The second kappa shape index (κ2) is 5.70. The first-order valence-corrected chi connectivity index (χ1v) is 5.26. The Hall–Kier alpha value is -0.100. The van der Waals surface area contributed by atoms with Crippen molar-refractivity contribution in [1.82, 2.24) is 0 Å². The van der Waals surface area contributed by atoms with Crippen LogP contribution in [0.1, 0.15) is 16.5 Å². The molecule has 1 atom stereocenters. The Balaban J connectivity index is 0.00000169. The molecule has 0 aliphatic rings. The van der Waals surface area contributed by atoms with Crippen molar-refractivity contribution < 1.29 is 9.53 Å². The average molecular weight is 301 g/mol. The lowest BCUT2D eigenvalue weighted by Crippen LogP contribution is -2.21. The highest BCUT2D eigenvalue weighted by Gasteiger charge is 2.18. The van der Waals surface area contributed by atoms with Gasteiger partial charge in [0.15, 0.2) is 0 Å².